The fraction of sp³-hybridized carbons (Fsp3) is 0.727. The molecule has 0 aromatic rings. The maximum Gasteiger partial charge on any atom is 0.405 e. The molecule has 0 aromatic heterocycles. The highest BCUT2D eigenvalue weighted by atomic mass is 16.4. The maximum absolute atomic E-state index is 12.1. The molecular formula is C11H19N3O4. The smallest absolute Gasteiger partial charge is 0.405 e. The van der Waals surface area contributed by atoms with E-state index in [4.69, 9.17) is 5.11 Å². The van der Waals surface area contributed by atoms with Gasteiger partial charge < -0.3 is 20.2 Å². The zero-order valence-electron chi connectivity index (χ0n) is 10.8. The molecule has 3 amide bonds. The van der Waals surface area contributed by atoms with Crippen LogP contribution in [-0.2, 0) is 9.59 Å². The first-order valence-corrected chi connectivity index (χ1v) is 5.90. The van der Waals surface area contributed by atoms with E-state index in [9.17, 15) is 14.4 Å². The molecule has 18 heavy (non-hydrogen) atoms. The first-order valence-electron chi connectivity index (χ1n) is 5.90. The van der Waals surface area contributed by atoms with E-state index in [1.165, 1.54) is 4.90 Å². The molecule has 102 valence electrons. The van der Waals surface area contributed by atoms with Gasteiger partial charge >= 0.3 is 6.09 Å². The Hall–Kier alpha value is -1.79. The Balaban J connectivity index is 2.71. The molecule has 1 fully saturated rings. The van der Waals surface area contributed by atoms with E-state index in [2.05, 4.69) is 5.32 Å². The summed E-state index contributed by atoms with van der Waals surface area (Å²) >= 11 is 0. The van der Waals surface area contributed by atoms with E-state index in [0.717, 1.165) is 0 Å². The summed E-state index contributed by atoms with van der Waals surface area (Å²) in [5.41, 5.74) is 0. The highest BCUT2D eigenvalue weighted by molar-refractivity contribution is 5.90. The van der Waals surface area contributed by atoms with Crippen LogP contribution in [0.4, 0.5) is 4.79 Å². The SMILES string of the molecule is CC[C@H](NC(=O)O)C(=O)N1CC(=O)N(C)C(C)C1. The summed E-state index contributed by atoms with van der Waals surface area (Å²) in [7, 11) is 1.70. The Morgan fingerprint density at radius 2 is 2.17 bits per heavy atom. The summed E-state index contributed by atoms with van der Waals surface area (Å²) in [5, 5.41) is 10.8. The van der Waals surface area contributed by atoms with E-state index in [1.807, 2.05) is 6.92 Å². The Kier molecular flexibility index (Phi) is 4.52. The van der Waals surface area contributed by atoms with Crippen molar-refractivity contribution in [3.63, 3.8) is 0 Å². The van der Waals surface area contributed by atoms with Gasteiger partial charge in [0.05, 0.1) is 6.54 Å². The van der Waals surface area contributed by atoms with Gasteiger partial charge in [0.15, 0.2) is 0 Å². The Bertz CT molecular complexity index is 358. The number of piperazine rings is 1. The molecule has 2 N–H and O–H groups in total. The van der Waals surface area contributed by atoms with Crippen LogP contribution in [0.1, 0.15) is 20.3 Å². The molecule has 0 saturated carbocycles. The van der Waals surface area contributed by atoms with Crippen LogP contribution in [0.25, 0.3) is 0 Å². The number of hydrogen-bond acceptors (Lipinski definition) is 3. The zero-order valence-corrected chi connectivity index (χ0v) is 10.8. The van der Waals surface area contributed by atoms with Crippen molar-refractivity contribution in [3.8, 4) is 0 Å². The van der Waals surface area contributed by atoms with Crippen LogP contribution in [-0.4, -0.2) is 65.0 Å². The third kappa shape index (κ3) is 3.12. The van der Waals surface area contributed by atoms with E-state index in [0.29, 0.717) is 13.0 Å². The van der Waals surface area contributed by atoms with Gasteiger partial charge in [0.1, 0.15) is 6.04 Å². The standard InChI is InChI=1S/C11H19N3O4/c1-4-8(12-11(17)18)10(16)14-5-7(2)13(3)9(15)6-14/h7-8,12H,4-6H2,1-3H3,(H,17,18)/t7?,8-/m0/s1. The lowest BCUT2D eigenvalue weighted by Gasteiger charge is -2.38. The van der Waals surface area contributed by atoms with Crippen molar-refractivity contribution >= 4 is 17.9 Å². The Labute approximate surface area is 106 Å². The Morgan fingerprint density at radius 1 is 1.56 bits per heavy atom. The summed E-state index contributed by atoms with van der Waals surface area (Å²) in [4.78, 5) is 37.3. The number of nitrogens with one attached hydrogen (secondary N) is 1. The molecule has 1 rings (SSSR count). The fourth-order valence-corrected chi connectivity index (χ4v) is 1.90. The number of carbonyl (C=O) groups excluding carboxylic acids is 2. The molecule has 0 radical (unpaired) electrons. The predicted molar refractivity (Wildman–Crippen MR) is 64.1 cm³/mol. The van der Waals surface area contributed by atoms with E-state index in [-0.39, 0.29) is 24.4 Å². The molecule has 1 heterocycles. The zero-order chi connectivity index (χ0) is 13.9. The van der Waals surface area contributed by atoms with Crippen LogP contribution < -0.4 is 5.32 Å². The molecule has 0 aliphatic carbocycles. The largest absolute Gasteiger partial charge is 0.465 e. The van der Waals surface area contributed by atoms with Crippen molar-refractivity contribution in [2.24, 2.45) is 0 Å². The number of carbonyl (C=O) groups is 3. The highest BCUT2D eigenvalue weighted by Gasteiger charge is 2.33. The van der Waals surface area contributed by atoms with Crippen molar-refractivity contribution < 1.29 is 19.5 Å². The summed E-state index contributed by atoms with van der Waals surface area (Å²) in [5.74, 6) is -0.472. The van der Waals surface area contributed by atoms with Gasteiger partial charge in [0, 0.05) is 19.6 Å². The second-order valence-corrected chi connectivity index (χ2v) is 4.48. The third-order valence-electron chi connectivity index (χ3n) is 3.18. The molecule has 0 bridgehead atoms. The van der Waals surface area contributed by atoms with Crippen LogP contribution >= 0.6 is 0 Å². The van der Waals surface area contributed by atoms with Crippen LogP contribution in [0.15, 0.2) is 0 Å². The summed E-state index contributed by atoms with van der Waals surface area (Å²) < 4.78 is 0. The number of carboxylic acid groups (broad SMARTS) is 1. The molecule has 7 heteroatoms. The summed E-state index contributed by atoms with van der Waals surface area (Å²) in [6, 6.07) is -0.844. The van der Waals surface area contributed by atoms with Crippen LogP contribution in [0.5, 0.6) is 0 Å². The lowest BCUT2D eigenvalue weighted by molar-refractivity contribution is -0.147. The van der Waals surface area contributed by atoms with Gasteiger partial charge in [0.2, 0.25) is 11.8 Å². The van der Waals surface area contributed by atoms with E-state index >= 15 is 0 Å². The van der Waals surface area contributed by atoms with E-state index < -0.39 is 12.1 Å². The van der Waals surface area contributed by atoms with Gasteiger partial charge in [-0.05, 0) is 13.3 Å². The van der Waals surface area contributed by atoms with Crippen LogP contribution in [0.3, 0.4) is 0 Å². The number of amides is 3. The van der Waals surface area contributed by atoms with Crippen molar-refractivity contribution in [2.75, 3.05) is 20.1 Å². The average molecular weight is 257 g/mol. The van der Waals surface area contributed by atoms with Gasteiger partial charge in [-0.3, -0.25) is 9.59 Å². The number of likely N-dealkylation sites (N-methyl/N-ethyl adjacent to an activating group) is 1. The second-order valence-electron chi connectivity index (χ2n) is 4.48. The van der Waals surface area contributed by atoms with Crippen molar-refractivity contribution in [1.29, 1.82) is 0 Å². The maximum atomic E-state index is 12.1. The second kappa shape index (κ2) is 5.70. The topological polar surface area (TPSA) is 90.0 Å². The van der Waals surface area contributed by atoms with Crippen LogP contribution in [0.2, 0.25) is 0 Å². The number of rotatable bonds is 3. The quantitative estimate of drug-likeness (QED) is 0.727. The highest BCUT2D eigenvalue weighted by Crippen LogP contribution is 2.10. The Morgan fingerprint density at radius 3 is 2.61 bits per heavy atom. The minimum atomic E-state index is -1.23. The molecule has 1 saturated heterocycles. The lowest BCUT2D eigenvalue weighted by atomic mass is 10.1. The predicted octanol–water partition coefficient (Wildman–Crippen LogP) is -0.278. The molecule has 1 aliphatic rings. The van der Waals surface area contributed by atoms with E-state index in [1.54, 1.807) is 18.9 Å². The molecule has 7 nitrogen and oxygen atoms in total. The van der Waals surface area contributed by atoms with Gasteiger partial charge in [-0.15, -0.1) is 0 Å². The third-order valence-corrected chi connectivity index (χ3v) is 3.18. The molecular weight excluding hydrogens is 238 g/mol. The van der Waals surface area contributed by atoms with Crippen molar-refractivity contribution in [1.82, 2.24) is 15.1 Å². The minimum absolute atomic E-state index is 0.0114. The number of nitrogens with zero attached hydrogens (tertiary/aromatic N) is 2. The van der Waals surface area contributed by atoms with Crippen molar-refractivity contribution in [3.05, 3.63) is 0 Å². The monoisotopic (exact) mass is 257 g/mol. The first kappa shape index (κ1) is 14.3. The van der Waals surface area contributed by atoms with Crippen LogP contribution in [0, 0.1) is 0 Å². The van der Waals surface area contributed by atoms with Gasteiger partial charge in [0.25, 0.3) is 0 Å². The fourth-order valence-electron chi connectivity index (χ4n) is 1.90. The van der Waals surface area contributed by atoms with Gasteiger partial charge in [-0.1, -0.05) is 6.92 Å². The average Bonchev–Trinajstić information content (AvgIpc) is 2.31. The molecule has 2 atom stereocenters. The summed E-state index contributed by atoms with van der Waals surface area (Å²) in [6.07, 6.45) is -0.872. The lowest BCUT2D eigenvalue weighted by Crippen LogP contribution is -2.59. The normalized spacial score (nSPS) is 21.7. The molecule has 0 spiro atoms. The number of hydrogen-bond donors (Lipinski definition) is 2. The summed E-state index contributed by atoms with van der Waals surface area (Å²) in [6.45, 7) is 4.01. The molecule has 1 unspecified atom stereocenters. The molecule has 0 aromatic carbocycles. The van der Waals surface area contributed by atoms with Crippen molar-refractivity contribution in [2.45, 2.75) is 32.4 Å². The van der Waals surface area contributed by atoms with Gasteiger partial charge in [-0.25, -0.2) is 4.79 Å². The molecule has 1 aliphatic heterocycles. The minimum Gasteiger partial charge on any atom is -0.465 e. The van der Waals surface area contributed by atoms with Gasteiger partial charge in [-0.2, -0.15) is 0 Å². The first-order chi connectivity index (χ1) is 8.36.